The van der Waals surface area contributed by atoms with Crippen LogP contribution in [0.2, 0.25) is 0 Å². The molecule has 0 saturated carbocycles. The number of benzene rings is 3. The van der Waals surface area contributed by atoms with Crippen molar-refractivity contribution < 1.29 is 18.0 Å². The molecule has 2 atom stereocenters. The largest absolute Gasteiger partial charge is 0.352 e. The summed E-state index contributed by atoms with van der Waals surface area (Å²) in [6.07, 6.45) is 0.750. The summed E-state index contributed by atoms with van der Waals surface area (Å²) in [6.45, 7) is 11.0. The van der Waals surface area contributed by atoms with E-state index in [1.807, 2.05) is 71.0 Å². The zero-order chi connectivity index (χ0) is 28.7. The molecule has 7 nitrogen and oxygen atoms in total. The Morgan fingerprint density at radius 3 is 2.00 bits per heavy atom. The van der Waals surface area contributed by atoms with Crippen LogP contribution in [0.3, 0.4) is 0 Å². The molecule has 0 bridgehead atoms. The summed E-state index contributed by atoms with van der Waals surface area (Å²) in [5.41, 5.74) is 4.16. The third-order valence-corrected chi connectivity index (χ3v) is 8.60. The Labute approximate surface area is 232 Å². The van der Waals surface area contributed by atoms with Crippen LogP contribution < -0.4 is 9.62 Å². The molecule has 3 aromatic rings. The van der Waals surface area contributed by atoms with Crippen molar-refractivity contribution in [2.75, 3.05) is 10.8 Å². The van der Waals surface area contributed by atoms with E-state index in [0.717, 1.165) is 33.0 Å². The fourth-order valence-corrected chi connectivity index (χ4v) is 5.55. The standard InChI is InChI=1S/C31H39N3O4S/c1-7-25(5)32-31(36)26(6)33(20-27-10-8-9-24(4)19-27)30(35)21-34(28-15-11-22(2)12-16-28)39(37,38)29-17-13-23(3)14-18-29/h8-19,25-26H,7,20-21H2,1-6H3,(H,32,36)/t25-,26+/m1/s1. The molecule has 0 aromatic heterocycles. The molecule has 3 aromatic carbocycles. The first-order valence-electron chi connectivity index (χ1n) is 13.2. The molecule has 0 heterocycles. The number of hydrogen-bond acceptors (Lipinski definition) is 4. The number of nitrogens with one attached hydrogen (secondary N) is 1. The van der Waals surface area contributed by atoms with Crippen molar-refractivity contribution in [1.29, 1.82) is 0 Å². The van der Waals surface area contributed by atoms with E-state index in [1.54, 1.807) is 43.3 Å². The lowest BCUT2D eigenvalue weighted by atomic mass is 10.1. The van der Waals surface area contributed by atoms with Crippen molar-refractivity contribution >= 4 is 27.5 Å². The number of nitrogens with zero attached hydrogens (tertiary/aromatic N) is 2. The molecule has 2 amide bonds. The molecular formula is C31H39N3O4S. The van der Waals surface area contributed by atoms with Crippen LogP contribution in [0.25, 0.3) is 0 Å². The number of amides is 2. The maximum absolute atomic E-state index is 14.0. The van der Waals surface area contributed by atoms with Crippen LogP contribution in [0.15, 0.2) is 77.7 Å². The molecule has 0 radical (unpaired) electrons. The van der Waals surface area contributed by atoms with Gasteiger partial charge in [0.15, 0.2) is 0 Å². The smallest absolute Gasteiger partial charge is 0.264 e. The quantitative estimate of drug-likeness (QED) is 0.359. The molecule has 0 aliphatic rings. The number of rotatable bonds is 11. The average Bonchev–Trinajstić information content (AvgIpc) is 2.90. The highest BCUT2D eigenvalue weighted by Crippen LogP contribution is 2.25. The van der Waals surface area contributed by atoms with Gasteiger partial charge in [-0.2, -0.15) is 0 Å². The molecule has 39 heavy (non-hydrogen) atoms. The van der Waals surface area contributed by atoms with Crippen molar-refractivity contribution in [3.63, 3.8) is 0 Å². The Balaban J connectivity index is 2.02. The monoisotopic (exact) mass is 549 g/mol. The fourth-order valence-electron chi connectivity index (χ4n) is 4.13. The number of sulfonamides is 1. The van der Waals surface area contributed by atoms with Crippen LogP contribution in [0, 0.1) is 20.8 Å². The fraction of sp³-hybridized carbons (Fsp3) is 0.355. The van der Waals surface area contributed by atoms with E-state index in [1.165, 1.54) is 4.90 Å². The third kappa shape index (κ3) is 7.69. The molecule has 0 aliphatic carbocycles. The average molecular weight is 550 g/mol. The van der Waals surface area contributed by atoms with Gasteiger partial charge in [-0.15, -0.1) is 0 Å². The molecule has 0 saturated heterocycles. The van der Waals surface area contributed by atoms with Crippen LogP contribution in [-0.2, 0) is 26.2 Å². The van der Waals surface area contributed by atoms with E-state index in [0.29, 0.717) is 5.69 Å². The zero-order valence-corrected chi connectivity index (χ0v) is 24.5. The molecule has 1 N–H and O–H groups in total. The first kappa shape index (κ1) is 29.9. The zero-order valence-electron chi connectivity index (χ0n) is 23.6. The van der Waals surface area contributed by atoms with E-state index in [4.69, 9.17) is 0 Å². The van der Waals surface area contributed by atoms with Crippen molar-refractivity contribution in [2.45, 2.75) is 71.5 Å². The minimum absolute atomic E-state index is 0.0538. The SMILES string of the molecule is CC[C@@H](C)NC(=O)[C@H](C)N(Cc1cccc(C)c1)C(=O)CN(c1ccc(C)cc1)S(=O)(=O)c1ccc(C)cc1. The van der Waals surface area contributed by atoms with Crippen molar-refractivity contribution in [1.82, 2.24) is 10.2 Å². The molecule has 0 spiro atoms. The lowest BCUT2D eigenvalue weighted by Gasteiger charge is -2.32. The second-order valence-corrected chi connectivity index (χ2v) is 12.0. The van der Waals surface area contributed by atoms with E-state index in [2.05, 4.69) is 5.32 Å². The molecule has 0 fully saturated rings. The van der Waals surface area contributed by atoms with Crippen molar-refractivity contribution in [2.24, 2.45) is 0 Å². The van der Waals surface area contributed by atoms with Crippen LogP contribution >= 0.6 is 0 Å². The van der Waals surface area contributed by atoms with E-state index >= 15 is 0 Å². The summed E-state index contributed by atoms with van der Waals surface area (Å²) in [6, 6.07) is 20.4. The minimum Gasteiger partial charge on any atom is -0.352 e. The number of hydrogen-bond donors (Lipinski definition) is 1. The van der Waals surface area contributed by atoms with E-state index in [-0.39, 0.29) is 23.4 Å². The van der Waals surface area contributed by atoms with Crippen molar-refractivity contribution in [3.8, 4) is 0 Å². The number of anilines is 1. The van der Waals surface area contributed by atoms with Gasteiger partial charge in [0, 0.05) is 12.6 Å². The van der Waals surface area contributed by atoms with E-state index in [9.17, 15) is 18.0 Å². The highest BCUT2D eigenvalue weighted by Gasteiger charge is 2.32. The number of aryl methyl sites for hydroxylation is 3. The molecule has 208 valence electrons. The second kappa shape index (κ2) is 12.9. The van der Waals surface area contributed by atoms with Gasteiger partial charge in [-0.05, 0) is 70.9 Å². The van der Waals surface area contributed by atoms with Crippen LogP contribution in [0.5, 0.6) is 0 Å². The predicted molar refractivity (Wildman–Crippen MR) is 156 cm³/mol. The van der Waals surface area contributed by atoms with Gasteiger partial charge < -0.3 is 10.2 Å². The Morgan fingerprint density at radius 2 is 1.44 bits per heavy atom. The van der Waals surface area contributed by atoms with Crippen LogP contribution in [0.1, 0.15) is 49.4 Å². The summed E-state index contributed by atoms with van der Waals surface area (Å²) in [7, 11) is -4.08. The van der Waals surface area contributed by atoms with E-state index < -0.39 is 28.5 Å². The summed E-state index contributed by atoms with van der Waals surface area (Å²) < 4.78 is 28.8. The van der Waals surface area contributed by atoms with Crippen LogP contribution in [0.4, 0.5) is 5.69 Å². The maximum atomic E-state index is 14.0. The van der Waals surface area contributed by atoms with Crippen molar-refractivity contribution in [3.05, 3.63) is 95.1 Å². The van der Waals surface area contributed by atoms with Gasteiger partial charge in [0.2, 0.25) is 11.8 Å². The number of carbonyl (C=O) groups is 2. The molecule has 8 heteroatoms. The third-order valence-electron chi connectivity index (χ3n) is 6.81. The first-order chi connectivity index (χ1) is 18.4. The highest BCUT2D eigenvalue weighted by molar-refractivity contribution is 7.92. The normalized spacial score (nSPS) is 12.9. The minimum atomic E-state index is -4.08. The van der Waals surface area contributed by atoms with Gasteiger partial charge in [-0.1, -0.05) is 72.1 Å². The molecular weight excluding hydrogens is 510 g/mol. The molecule has 0 aliphatic heterocycles. The van der Waals surface area contributed by atoms with Gasteiger partial charge >= 0.3 is 0 Å². The Bertz CT molecular complexity index is 1390. The van der Waals surface area contributed by atoms with Gasteiger partial charge in [0.05, 0.1) is 10.6 Å². The topological polar surface area (TPSA) is 86.8 Å². The van der Waals surface area contributed by atoms with Gasteiger partial charge in [-0.25, -0.2) is 8.42 Å². The predicted octanol–water partition coefficient (Wildman–Crippen LogP) is 5.14. The Kier molecular flexibility index (Phi) is 9.92. The summed E-state index contributed by atoms with van der Waals surface area (Å²) in [4.78, 5) is 28.6. The van der Waals surface area contributed by atoms with Gasteiger partial charge in [0.25, 0.3) is 10.0 Å². The molecule has 0 unspecified atom stereocenters. The number of carbonyl (C=O) groups excluding carboxylic acids is 2. The summed E-state index contributed by atoms with van der Waals surface area (Å²) in [5, 5.41) is 2.95. The Hall–Kier alpha value is -3.65. The maximum Gasteiger partial charge on any atom is 0.264 e. The van der Waals surface area contributed by atoms with Gasteiger partial charge in [-0.3, -0.25) is 13.9 Å². The lowest BCUT2D eigenvalue weighted by Crippen LogP contribution is -2.52. The highest BCUT2D eigenvalue weighted by atomic mass is 32.2. The second-order valence-electron chi connectivity index (χ2n) is 10.2. The first-order valence-corrected chi connectivity index (χ1v) is 14.7. The van der Waals surface area contributed by atoms with Gasteiger partial charge in [0.1, 0.15) is 12.6 Å². The lowest BCUT2D eigenvalue weighted by molar-refractivity contribution is -0.139. The Morgan fingerprint density at radius 1 is 0.846 bits per heavy atom. The summed E-state index contributed by atoms with van der Waals surface area (Å²) in [5.74, 6) is -0.756. The van der Waals surface area contributed by atoms with Crippen LogP contribution in [-0.4, -0.2) is 43.8 Å². The summed E-state index contributed by atoms with van der Waals surface area (Å²) >= 11 is 0. The molecule has 3 rings (SSSR count).